The van der Waals surface area contributed by atoms with Crippen molar-refractivity contribution in [3.63, 3.8) is 0 Å². The number of nitrogens with zero attached hydrogens (tertiary/aromatic N) is 1. The van der Waals surface area contributed by atoms with E-state index in [1.807, 2.05) is 18.2 Å². The first-order valence-corrected chi connectivity index (χ1v) is 5.65. The highest BCUT2D eigenvalue weighted by atomic mass is 16.4. The lowest BCUT2D eigenvalue weighted by Crippen LogP contribution is -2.26. The van der Waals surface area contributed by atoms with Crippen LogP contribution in [0.2, 0.25) is 0 Å². The first-order valence-electron chi connectivity index (χ1n) is 5.65. The molecule has 1 aromatic carbocycles. The van der Waals surface area contributed by atoms with Crippen molar-refractivity contribution in [2.45, 2.75) is 25.2 Å². The number of hydrogen-bond donors (Lipinski definition) is 1. The SMILES string of the molecule is O=C(O)C1CCC2=Nc3ccccc3C2C1. The van der Waals surface area contributed by atoms with Crippen molar-refractivity contribution in [3.8, 4) is 0 Å². The molecular weight excluding hydrogens is 202 g/mol. The maximum atomic E-state index is 11.0. The minimum atomic E-state index is -0.663. The zero-order chi connectivity index (χ0) is 11.1. The van der Waals surface area contributed by atoms with Crippen LogP contribution in [0.5, 0.6) is 0 Å². The highest BCUT2D eigenvalue weighted by Gasteiger charge is 2.35. The predicted molar refractivity (Wildman–Crippen MR) is 61.3 cm³/mol. The third kappa shape index (κ3) is 1.35. The van der Waals surface area contributed by atoms with Crippen molar-refractivity contribution in [2.75, 3.05) is 0 Å². The van der Waals surface area contributed by atoms with Crippen LogP contribution in [0.1, 0.15) is 30.7 Å². The molecule has 2 aliphatic rings. The lowest BCUT2D eigenvalue weighted by molar-refractivity contribution is -0.142. The van der Waals surface area contributed by atoms with Crippen LogP contribution in [-0.2, 0) is 4.79 Å². The monoisotopic (exact) mass is 215 g/mol. The summed E-state index contributed by atoms with van der Waals surface area (Å²) in [6, 6.07) is 8.06. The fourth-order valence-electron chi connectivity index (χ4n) is 2.74. The summed E-state index contributed by atoms with van der Waals surface area (Å²) >= 11 is 0. The van der Waals surface area contributed by atoms with Gasteiger partial charge in [-0.2, -0.15) is 0 Å². The van der Waals surface area contributed by atoms with E-state index in [1.54, 1.807) is 0 Å². The minimum absolute atomic E-state index is 0.199. The second kappa shape index (κ2) is 3.44. The fourth-order valence-corrected chi connectivity index (χ4v) is 2.74. The van der Waals surface area contributed by atoms with Crippen molar-refractivity contribution in [1.82, 2.24) is 0 Å². The molecule has 0 amide bonds. The third-order valence-electron chi connectivity index (χ3n) is 3.60. The lowest BCUT2D eigenvalue weighted by Gasteiger charge is -2.25. The first kappa shape index (κ1) is 9.58. The Hall–Kier alpha value is -1.64. The van der Waals surface area contributed by atoms with E-state index in [9.17, 15) is 4.79 Å². The van der Waals surface area contributed by atoms with Crippen LogP contribution < -0.4 is 0 Å². The van der Waals surface area contributed by atoms with Crippen molar-refractivity contribution < 1.29 is 9.90 Å². The van der Waals surface area contributed by atoms with Crippen molar-refractivity contribution in [3.05, 3.63) is 29.8 Å². The van der Waals surface area contributed by atoms with Gasteiger partial charge in [0.25, 0.3) is 0 Å². The summed E-state index contributed by atoms with van der Waals surface area (Å²) < 4.78 is 0. The molecule has 0 saturated heterocycles. The molecule has 3 rings (SSSR count). The molecule has 1 N–H and O–H groups in total. The van der Waals surface area contributed by atoms with Gasteiger partial charge in [-0.15, -0.1) is 0 Å². The van der Waals surface area contributed by atoms with E-state index in [0.717, 1.165) is 18.5 Å². The van der Waals surface area contributed by atoms with Gasteiger partial charge in [-0.3, -0.25) is 9.79 Å². The first-order chi connectivity index (χ1) is 7.75. The summed E-state index contributed by atoms with van der Waals surface area (Å²) in [5.41, 5.74) is 3.43. The molecule has 16 heavy (non-hydrogen) atoms. The summed E-state index contributed by atoms with van der Waals surface area (Å²) in [6.45, 7) is 0. The number of fused-ring (bicyclic) bond motifs is 3. The molecule has 1 aromatic rings. The quantitative estimate of drug-likeness (QED) is 0.783. The number of aliphatic imine (C=N–C) groups is 1. The molecule has 0 radical (unpaired) electrons. The Morgan fingerprint density at radius 2 is 2.19 bits per heavy atom. The molecule has 82 valence electrons. The van der Waals surface area contributed by atoms with Gasteiger partial charge in [-0.25, -0.2) is 0 Å². The predicted octanol–water partition coefficient (Wildman–Crippen LogP) is 2.74. The Morgan fingerprint density at radius 1 is 1.38 bits per heavy atom. The molecule has 2 atom stereocenters. The summed E-state index contributed by atoms with van der Waals surface area (Å²) in [5, 5.41) is 9.07. The van der Waals surface area contributed by atoms with Gasteiger partial charge in [0.05, 0.1) is 11.6 Å². The lowest BCUT2D eigenvalue weighted by atomic mass is 9.78. The highest BCUT2D eigenvalue weighted by Crippen LogP contribution is 2.43. The van der Waals surface area contributed by atoms with E-state index in [1.165, 1.54) is 11.3 Å². The maximum absolute atomic E-state index is 11.0. The average molecular weight is 215 g/mol. The number of benzene rings is 1. The van der Waals surface area contributed by atoms with Gasteiger partial charge in [-0.05, 0) is 30.9 Å². The number of carboxylic acids is 1. The molecule has 0 spiro atoms. The Morgan fingerprint density at radius 3 is 3.00 bits per heavy atom. The van der Waals surface area contributed by atoms with E-state index in [4.69, 9.17) is 5.11 Å². The topological polar surface area (TPSA) is 49.7 Å². The van der Waals surface area contributed by atoms with Crippen molar-refractivity contribution >= 4 is 17.4 Å². The van der Waals surface area contributed by atoms with Gasteiger partial charge < -0.3 is 5.11 Å². The van der Waals surface area contributed by atoms with Gasteiger partial charge in [-0.1, -0.05) is 18.2 Å². The minimum Gasteiger partial charge on any atom is -0.481 e. The second-order valence-corrected chi connectivity index (χ2v) is 4.52. The maximum Gasteiger partial charge on any atom is 0.306 e. The van der Waals surface area contributed by atoms with Crippen LogP contribution in [0.25, 0.3) is 0 Å². The van der Waals surface area contributed by atoms with Crippen LogP contribution in [0.4, 0.5) is 5.69 Å². The Bertz CT molecular complexity index is 479. The van der Waals surface area contributed by atoms with Crippen LogP contribution in [0.3, 0.4) is 0 Å². The van der Waals surface area contributed by atoms with Gasteiger partial charge in [0, 0.05) is 11.6 Å². The molecule has 1 aliphatic carbocycles. The Labute approximate surface area is 93.8 Å². The normalized spacial score (nSPS) is 26.9. The molecule has 3 nitrogen and oxygen atoms in total. The van der Waals surface area contributed by atoms with Crippen LogP contribution in [0.15, 0.2) is 29.3 Å². The smallest absolute Gasteiger partial charge is 0.306 e. The number of para-hydroxylation sites is 1. The Kier molecular flexibility index (Phi) is 2.06. The standard InChI is InChI=1S/C13H13NO2/c15-13(16)8-5-6-12-10(7-8)9-3-1-2-4-11(9)14-12/h1-4,8,10H,5-7H2,(H,15,16). The summed E-state index contributed by atoms with van der Waals surface area (Å²) in [5.74, 6) is -0.607. The molecule has 1 aliphatic heterocycles. The molecule has 0 bridgehead atoms. The molecule has 1 fully saturated rings. The largest absolute Gasteiger partial charge is 0.481 e. The van der Waals surface area contributed by atoms with Crippen LogP contribution in [-0.4, -0.2) is 16.8 Å². The molecule has 3 heteroatoms. The number of carboxylic acid groups (broad SMARTS) is 1. The number of hydrogen-bond acceptors (Lipinski definition) is 2. The van der Waals surface area contributed by atoms with E-state index >= 15 is 0 Å². The second-order valence-electron chi connectivity index (χ2n) is 4.52. The van der Waals surface area contributed by atoms with Gasteiger partial charge in [0.1, 0.15) is 0 Å². The van der Waals surface area contributed by atoms with E-state index < -0.39 is 5.97 Å². The summed E-state index contributed by atoms with van der Waals surface area (Å²) in [7, 11) is 0. The molecule has 0 aromatic heterocycles. The Balaban J connectivity index is 1.94. The van der Waals surface area contributed by atoms with Gasteiger partial charge in [0.15, 0.2) is 0 Å². The van der Waals surface area contributed by atoms with Crippen LogP contribution in [0, 0.1) is 5.92 Å². The zero-order valence-electron chi connectivity index (χ0n) is 8.89. The highest BCUT2D eigenvalue weighted by molar-refractivity contribution is 5.99. The number of rotatable bonds is 1. The van der Waals surface area contributed by atoms with Crippen molar-refractivity contribution in [2.24, 2.45) is 10.9 Å². The van der Waals surface area contributed by atoms with E-state index in [2.05, 4.69) is 11.1 Å². The summed E-state index contributed by atoms with van der Waals surface area (Å²) in [6.07, 6.45) is 2.28. The van der Waals surface area contributed by atoms with Gasteiger partial charge >= 0.3 is 5.97 Å². The molecule has 1 saturated carbocycles. The third-order valence-corrected chi connectivity index (χ3v) is 3.60. The van der Waals surface area contributed by atoms with E-state index in [0.29, 0.717) is 6.42 Å². The molecular formula is C13H13NO2. The van der Waals surface area contributed by atoms with Crippen molar-refractivity contribution in [1.29, 1.82) is 0 Å². The van der Waals surface area contributed by atoms with Crippen LogP contribution >= 0.6 is 0 Å². The summed E-state index contributed by atoms with van der Waals surface area (Å²) in [4.78, 5) is 15.6. The average Bonchev–Trinajstić information content (AvgIpc) is 2.66. The number of aliphatic carboxylic acids is 1. The fraction of sp³-hybridized carbons (Fsp3) is 0.385. The molecule has 2 unspecified atom stereocenters. The van der Waals surface area contributed by atoms with Gasteiger partial charge in [0.2, 0.25) is 0 Å². The van der Waals surface area contributed by atoms with E-state index in [-0.39, 0.29) is 11.8 Å². The zero-order valence-corrected chi connectivity index (χ0v) is 8.89. The molecule has 1 heterocycles. The number of carbonyl (C=O) groups is 1.